The van der Waals surface area contributed by atoms with Gasteiger partial charge in [0.2, 0.25) is 0 Å². The largest absolute Gasteiger partial charge is 0.481 e. The van der Waals surface area contributed by atoms with Gasteiger partial charge in [-0.1, -0.05) is 6.07 Å². The Kier molecular flexibility index (Phi) is 6.20. The smallest absolute Gasteiger partial charge is 0.260 e. The van der Waals surface area contributed by atoms with Gasteiger partial charge in [-0.3, -0.25) is 9.78 Å². The number of halogens is 2. The fourth-order valence-corrected chi connectivity index (χ4v) is 2.01. The van der Waals surface area contributed by atoms with E-state index < -0.39 is 24.1 Å². The summed E-state index contributed by atoms with van der Waals surface area (Å²) in [4.78, 5) is 17.7. The summed E-state index contributed by atoms with van der Waals surface area (Å²) in [5.74, 6) is -2.21. The van der Waals surface area contributed by atoms with Crippen LogP contribution < -0.4 is 4.74 Å². The second kappa shape index (κ2) is 8.58. The number of hydrogen-bond donors (Lipinski definition) is 0. The maximum Gasteiger partial charge on any atom is 0.260 e. The molecule has 24 heavy (non-hydrogen) atoms. The molecular weight excluding hydrogens is 316 g/mol. The van der Waals surface area contributed by atoms with Crippen LogP contribution in [0.3, 0.4) is 0 Å². The van der Waals surface area contributed by atoms with E-state index in [9.17, 15) is 13.6 Å². The Balaban J connectivity index is 2.00. The molecule has 5 nitrogen and oxygen atoms in total. The molecule has 0 bridgehead atoms. The molecule has 0 saturated heterocycles. The predicted octanol–water partition coefficient (Wildman–Crippen LogP) is 2.68. The zero-order valence-corrected chi connectivity index (χ0v) is 12.8. The third-order valence-electron chi connectivity index (χ3n) is 3.19. The molecule has 0 spiro atoms. The van der Waals surface area contributed by atoms with E-state index in [1.165, 1.54) is 4.90 Å². The van der Waals surface area contributed by atoms with Crippen LogP contribution in [0, 0.1) is 23.0 Å². The maximum atomic E-state index is 13.5. The summed E-state index contributed by atoms with van der Waals surface area (Å²) in [6.45, 7) is 0.0807. The van der Waals surface area contributed by atoms with E-state index in [1.54, 1.807) is 24.5 Å². The molecule has 0 N–H and O–H groups in total. The molecular formula is C17H15F2N3O2. The number of carbonyl (C=O) groups is 1. The molecule has 1 aromatic carbocycles. The Morgan fingerprint density at radius 3 is 2.83 bits per heavy atom. The second-order valence-corrected chi connectivity index (χ2v) is 4.95. The van der Waals surface area contributed by atoms with Crippen LogP contribution in [-0.2, 0) is 11.3 Å². The minimum Gasteiger partial charge on any atom is -0.481 e. The molecule has 0 radical (unpaired) electrons. The first-order chi connectivity index (χ1) is 11.6. The van der Waals surface area contributed by atoms with E-state index in [1.807, 2.05) is 6.07 Å². The topological polar surface area (TPSA) is 66.2 Å². The number of carbonyl (C=O) groups excluding carboxylic acids is 1. The van der Waals surface area contributed by atoms with Gasteiger partial charge in [-0.25, -0.2) is 8.78 Å². The van der Waals surface area contributed by atoms with E-state index in [-0.39, 0.29) is 25.3 Å². The predicted molar refractivity (Wildman–Crippen MR) is 81.7 cm³/mol. The molecule has 1 aromatic heterocycles. The number of benzene rings is 1. The normalized spacial score (nSPS) is 10.0. The van der Waals surface area contributed by atoms with Crippen LogP contribution in [0.1, 0.15) is 12.0 Å². The summed E-state index contributed by atoms with van der Waals surface area (Å²) in [5.41, 5.74) is 0.803. The third-order valence-corrected chi connectivity index (χ3v) is 3.19. The highest BCUT2D eigenvalue weighted by atomic mass is 19.1. The number of amides is 1. The van der Waals surface area contributed by atoms with Gasteiger partial charge in [0.25, 0.3) is 5.91 Å². The SMILES string of the molecule is N#CCCN(Cc1cccnc1)C(=O)COc1ccc(F)cc1F. The first kappa shape index (κ1) is 17.3. The lowest BCUT2D eigenvalue weighted by atomic mass is 10.2. The molecule has 2 rings (SSSR count). The number of hydrogen-bond acceptors (Lipinski definition) is 4. The van der Waals surface area contributed by atoms with E-state index >= 15 is 0 Å². The summed E-state index contributed by atoms with van der Waals surface area (Å²) >= 11 is 0. The Morgan fingerprint density at radius 1 is 1.33 bits per heavy atom. The van der Waals surface area contributed by atoms with Crippen molar-refractivity contribution in [1.82, 2.24) is 9.88 Å². The average molecular weight is 331 g/mol. The van der Waals surface area contributed by atoms with Gasteiger partial charge in [0.1, 0.15) is 5.82 Å². The summed E-state index contributed by atoms with van der Waals surface area (Å²) in [6, 6.07) is 8.38. The van der Waals surface area contributed by atoms with Gasteiger partial charge >= 0.3 is 0 Å². The molecule has 2 aromatic rings. The number of pyridine rings is 1. The summed E-state index contributed by atoms with van der Waals surface area (Å²) < 4.78 is 31.5. The molecule has 0 atom stereocenters. The fraction of sp³-hybridized carbons (Fsp3) is 0.235. The fourth-order valence-electron chi connectivity index (χ4n) is 2.01. The number of nitriles is 1. The zero-order chi connectivity index (χ0) is 17.4. The Morgan fingerprint density at radius 2 is 2.17 bits per heavy atom. The van der Waals surface area contributed by atoms with Crippen molar-refractivity contribution >= 4 is 5.91 Å². The van der Waals surface area contributed by atoms with Crippen molar-refractivity contribution < 1.29 is 18.3 Å². The quantitative estimate of drug-likeness (QED) is 0.782. The first-order valence-electron chi connectivity index (χ1n) is 7.21. The van der Waals surface area contributed by atoms with Crippen LogP contribution in [-0.4, -0.2) is 28.9 Å². The molecule has 7 heteroatoms. The van der Waals surface area contributed by atoms with Crippen LogP contribution in [0.4, 0.5) is 8.78 Å². The second-order valence-electron chi connectivity index (χ2n) is 4.95. The van der Waals surface area contributed by atoms with Crippen molar-refractivity contribution in [3.63, 3.8) is 0 Å². The summed E-state index contributed by atoms with van der Waals surface area (Å²) in [7, 11) is 0. The van der Waals surface area contributed by atoms with Crippen LogP contribution in [0.25, 0.3) is 0 Å². The van der Waals surface area contributed by atoms with Gasteiger partial charge in [-0.15, -0.1) is 0 Å². The molecule has 0 aliphatic rings. The Bertz CT molecular complexity index is 732. The van der Waals surface area contributed by atoms with Crippen LogP contribution >= 0.6 is 0 Å². The molecule has 0 saturated carbocycles. The van der Waals surface area contributed by atoms with Gasteiger partial charge < -0.3 is 9.64 Å². The molecule has 0 unspecified atom stereocenters. The van der Waals surface area contributed by atoms with Crippen LogP contribution in [0.15, 0.2) is 42.7 Å². The van der Waals surface area contributed by atoms with Gasteiger partial charge in [0, 0.05) is 31.5 Å². The number of nitrogens with zero attached hydrogens (tertiary/aromatic N) is 3. The van der Waals surface area contributed by atoms with Crippen molar-refractivity contribution in [1.29, 1.82) is 5.26 Å². The number of ether oxygens (including phenoxy) is 1. The number of aromatic nitrogens is 1. The van der Waals surface area contributed by atoms with E-state index in [0.717, 1.165) is 17.7 Å². The summed E-state index contributed by atoms with van der Waals surface area (Å²) in [5, 5.41) is 8.72. The highest BCUT2D eigenvalue weighted by molar-refractivity contribution is 5.77. The molecule has 0 aliphatic carbocycles. The Labute approximate surface area is 138 Å². The lowest BCUT2D eigenvalue weighted by Gasteiger charge is -2.21. The minimum absolute atomic E-state index is 0.164. The number of rotatable bonds is 7. The molecule has 1 heterocycles. The summed E-state index contributed by atoms with van der Waals surface area (Å²) in [6.07, 6.45) is 3.40. The highest BCUT2D eigenvalue weighted by Crippen LogP contribution is 2.17. The Hall–Kier alpha value is -3.01. The van der Waals surface area contributed by atoms with Crippen LogP contribution in [0.2, 0.25) is 0 Å². The monoisotopic (exact) mass is 331 g/mol. The van der Waals surface area contributed by atoms with Crippen molar-refractivity contribution in [3.8, 4) is 11.8 Å². The van der Waals surface area contributed by atoms with Crippen molar-refractivity contribution in [2.75, 3.05) is 13.2 Å². The van der Waals surface area contributed by atoms with E-state index in [4.69, 9.17) is 10.00 Å². The molecule has 1 amide bonds. The lowest BCUT2D eigenvalue weighted by Crippen LogP contribution is -2.35. The third kappa shape index (κ3) is 5.02. The molecule has 0 fully saturated rings. The standard InChI is InChI=1S/C17H15F2N3O2/c18-14-4-5-16(15(19)9-14)24-12-17(23)22(8-2-6-20)11-13-3-1-7-21-10-13/h1,3-5,7,9-10H,2,8,11-12H2. The zero-order valence-electron chi connectivity index (χ0n) is 12.8. The highest BCUT2D eigenvalue weighted by Gasteiger charge is 2.16. The lowest BCUT2D eigenvalue weighted by molar-refractivity contribution is -0.134. The van der Waals surface area contributed by atoms with E-state index in [0.29, 0.717) is 6.07 Å². The van der Waals surface area contributed by atoms with Gasteiger partial charge in [0.05, 0.1) is 12.5 Å². The van der Waals surface area contributed by atoms with E-state index in [2.05, 4.69) is 4.98 Å². The first-order valence-corrected chi connectivity index (χ1v) is 7.21. The van der Waals surface area contributed by atoms with Gasteiger partial charge in [0.15, 0.2) is 18.2 Å². The van der Waals surface area contributed by atoms with Crippen molar-refractivity contribution in [2.24, 2.45) is 0 Å². The van der Waals surface area contributed by atoms with Gasteiger partial charge in [-0.2, -0.15) is 5.26 Å². The average Bonchev–Trinajstić information content (AvgIpc) is 2.58. The minimum atomic E-state index is -0.876. The van der Waals surface area contributed by atoms with Crippen molar-refractivity contribution in [3.05, 3.63) is 59.9 Å². The van der Waals surface area contributed by atoms with Crippen LogP contribution in [0.5, 0.6) is 5.75 Å². The molecule has 124 valence electrons. The van der Waals surface area contributed by atoms with Crippen molar-refractivity contribution in [2.45, 2.75) is 13.0 Å². The maximum absolute atomic E-state index is 13.5. The van der Waals surface area contributed by atoms with Gasteiger partial charge in [-0.05, 0) is 23.8 Å². The molecule has 0 aliphatic heterocycles.